The molecule has 1 saturated heterocycles. The van der Waals surface area contributed by atoms with Crippen LogP contribution >= 0.6 is 0 Å². The summed E-state index contributed by atoms with van der Waals surface area (Å²) in [5, 5.41) is 5.59. The molecule has 0 aromatic heterocycles. The Hall–Kier alpha value is -1.95. The SMILES string of the molecule is C[C@H](NC(=O)CN(C)CCN(C)C1CCN(C)CC1)c1cccc2ccccc12. The molecule has 2 aromatic rings. The topological polar surface area (TPSA) is 38.8 Å². The van der Waals surface area contributed by atoms with Crippen molar-refractivity contribution in [3.63, 3.8) is 0 Å². The Bertz CT molecular complexity index is 795. The summed E-state index contributed by atoms with van der Waals surface area (Å²) in [4.78, 5) is 19.6. The molecular weight excluding hydrogens is 360 g/mol. The Kier molecular flexibility index (Phi) is 7.64. The van der Waals surface area contributed by atoms with Gasteiger partial charge in [-0.1, -0.05) is 42.5 Å². The van der Waals surface area contributed by atoms with Gasteiger partial charge in [0, 0.05) is 19.1 Å². The smallest absolute Gasteiger partial charge is 0.234 e. The first-order chi connectivity index (χ1) is 13.9. The average molecular weight is 397 g/mol. The van der Waals surface area contributed by atoms with Crippen LogP contribution in [0.15, 0.2) is 42.5 Å². The van der Waals surface area contributed by atoms with Crippen LogP contribution in [0.25, 0.3) is 10.8 Å². The van der Waals surface area contributed by atoms with E-state index in [9.17, 15) is 4.79 Å². The van der Waals surface area contributed by atoms with Crippen molar-refractivity contribution in [2.24, 2.45) is 0 Å². The standard InChI is InChI=1S/C24H36N4O/c1-19(22-11-7-9-20-8-5-6-10-23(20)22)25-24(29)18-27(3)16-17-28(4)21-12-14-26(2)15-13-21/h5-11,19,21H,12-18H2,1-4H3,(H,25,29)/t19-/m0/s1. The van der Waals surface area contributed by atoms with Gasteiger partial charge in [0.25, 0.3) is 0 Å². The number of nitrogens with zero attached hydrogens (tertiary/aromatic N) is 3. The molecule has 0 saturated carbocycles. The number of amides is 1. The predicted octanol–water partition coefficient (Wildman–Crippen LogP) is 2.97. The number of rotatable bonds is 8. The molecule has 0 radical (unpaired) electrons. The molecule has 1 aliphatic rings. The number of carbonyl (C=O) groups is 1. The second-order valence-electron chi connectivity index (χ2n) is 8.61. The summed E-state index contributed by atoms with van der Waals surface area (Å²) in [7, 11) is 6.44. The first-order valence-corrected chi connectivity index (χ1v) is 10.8. The summed E-state index contributed by atoms with van der Waals surface area (Å²) in [6.07, 6.45) is 2.47. The van der Waals surface area contributed by atoms with Crippen molar-refractivity contribution in [3.8, 4) is 0 Å². The minimum Gasteiger partial charge on any atom is -0.348 e. The van der Waals surface area contributed by atoms with Crippen LogP contribution in [-0.4, -0.2) is 80.5 Å². The third-order valence-corrected chi connectivity index (χ3v) is 6.23. The molecule has 1 fully saturated rings. The highest BCUT2D eigenvalue weighted by atomic mass is 16.2. The molecule has 1 atom stereocenters. The number of likely N-dealkylation sites (tertiary alicyclic amines) is 1. The first-order valence-electron chi connectivity index (χ1n) is 10.8. The summed E-state index contributed by atoms with van der Waals surface area (Å²) in [5.41, 5.74) is 1.17. The molecule has 2 aromatic carbocycles. The summed E-state index contributed by atoms with van der Waals surface area (Å²) >= 11 is 0. The van der Waals surface area contributed by atoms with E-state index in [4.69, 9.17) is 0 Å². The third kappa shape index (κ3) is 6.01. The fourth-order valence-corrected chi connectivity index (χ4v) is 4.26. The van der Waals surface area contributed by atoms with E-state index in [2.05, 4.69) is 77.4 Å². The van der Waals surface area contributed by atoms with E-state index in [-0.39, 0.29) is 11.9 Å². The molecule has 0 aliphatic carbocycles. The van der Waals surface area contributed by atoms with Crippen molar-refractivity contribution in [2.45, 2.75) is 31.8 Å². The molecule has 0 spiro atoms. The number of hydrogen-bond donors (Lipinski definition) is 1. The number of fused-ring (bicyclic) bond motifs is 1. The van der Waals surface area contributed by atoms with Crippen LogP contribution in [-0.2, 0) is 4.79 Å². The largest absolute Gasteiger partial charge is 0.348 e. The van der Waals surface area contributed by atoms with Crippen LogP contribution in [0.3, 0.4) is 0 Å². The molecule has 3 rings (SSSR count). The number of piperidine rings is 1. The molecule has 1 aliphatic heterocycles. The highest BCUT2D eigenvalue weighted by Gasteiger charge is 2.21. The van der Waals surface area contributed by atoms with Crippen molar-refractivity contribution < 1.29 is 4.79 Å². The van der Waals surface area contributed by atoms with E-state index in [1.807, 2.05) is 13.1 Å². The zero-order chi connectivity index (χ0) is 20.8. The third-order valence-electron chi connectivity index (χ3n) is 6.23. The second-order valence-corrected chi connectivity index (χ2v) is 8.61. The van der Waals surface area contributed by atoms with Gasteiger partial charge in [0.15, 0.2) is 0 Å². The van der Waals surface area contributed by atoms with Crippen LogP contribution in [0, 0.1) is 0 Å². The molecule has 5 nitrogen and oxygen atoms in total. The predicted molar refractivity (Wildman–Crippen MR) is 121 cm³/mol. The molecule has 1 amide bonds. The van der Waals surface area contributed by atoms with E-state index >= 15 is 0 Å². The first kappa shape index (κ1) is 21.8. The molecule has 158 valence electrons. The molecule has 29 heavy (non-hydrogen) atoms. The van der Waals surface area contributed by atoms with E-state index in [1.165, 1.54) is 42.3 Å². The number of carbonyl (C=O) groups excluding carboxylic acids is 1. The molecule has 0 unspecified atom stereocenters. The molecule has 5 heteroatoms. The summed E-state index contributed by atoms with van der Waals surface area (Å²) in [6, 6.07) is 15.3. The maximum atomic E-state index is 12.6. The number of nitrogens with one attached hydrogen (secondary N) is 1. The van der Waals surface area contributed by atoms with Gasteiger partial charge in [-0.15, -0.1) is 0 Å². The quantitative estimate of drug-likeness (QED) is 0.745. The molecule has 1 heterocycles. The Morgan fingerprint density at radius 2 is 1.79 bits per heavy atom. The summed E-state index contributed by atoms with van der Waals surface area (Å²) in [5.74, 6) is 0.0786. The van der Waals surface area contributed by atoms with Crippen molar-refractivity contribution in [2.75, 3.05) is 53.9 Å². The maximum Gasteiger partial charge on any atom is 0.234 e. The van der Waals surface area contributed by atoms with E-state index in [1.54, 1.807) is 0 Å². The van der Waals surface area contributed by atoms with Crippen molar-refractivity contribution in [3.05, 3.63) is 48.0 Å². The van der Waals surface area contributed by atoms with E-state index < -0.39 is 0 Å². The maximum absolute atomic E-state index is 12.6. The Labute approximate surface area is 175 Å². The lowest BCUT2D eigenvalue weighted by atomic mass is 10.00. The number of hydrogen-bond acceptors (Lipinski definition) is 4. The van der Waals surface area contributed by atoms with Gasteiger partial charge in [-0.2, -0.15) is 0 Å². The summed E-state index contributed by atoms with van der Waals surface area (Å²) in [6.45, 7) is 6.75. The van der Waals surface area contributed by atoms with Gasteiger partial charge in [-0.05, 0) is 70.3 Å². The van der Waals surface area contributed by atoms with Gasteiger partial charge in [0.05, 0.1) is 12.6 Å². The number of benzene rings is 2. The Morgan fingerprint density at radius 3 is 2.55 bits per heavy atom. The van der Waals surface area contributed by atoms with E-state index in [0.717, 1.165) is 13.1 Å². The fraction of sp³-hybridized carbons (Fsp3) is 0.542. The van der Waals surface area contributed by atoms with Gasteiger partial charge >= 0.3 is 0 Å². The van der Waals surface area contributed by atoms with Gasteiger partial charge in [-0.25, -0.2) is 0 Å². The van der Waals surface area contributed by atoms with Crippen LogP contribution < -0.4 is 5.32 Å². The monoisotopic (exact) mass is 396 g/mol. The highest BCUT2D eigenvalue weighted by Crippen LogP contribution is 2.24. The van der Waals surface area contributed by atoms with Gasteiger partial charge in [0.2, 0.25) is 5.91 Å². The number of likely N-dealkylation sites (N-methyl/N-ethyl adjacent to an activating group) is 2. The van der Waals surface area contributed by atoms with Gasteiger partial charge < -0.3 is 15.1 Å². The normalized spacial score (nSPS) is 17.2. The Morgan fingerprint density at radius 1 is 1.10 bits per heavy atom. The minimum absolute atomic E-state index is 0.0103. The highest BCUT2D eigenvalue weighted by molar-refractivity contribution is 5.87. The molecule has 0 bridgehead atoms. The molecule has 1 N–H and O–H groups in total. The van der Waals surface area contributed by atoms with Crippen LogP contribution in [0.1, 0.15) is 31.4 Å². The van der Waals surface area contributed by atoms with Crippen LogP contribution in [0.2, 0.25) is 0 Å². The minimum atomic E-state index is -0.0103. The lowest BCUT2D eigenvalue weighted by Gasteiger charge is -2.35. The fourth-order valence-electron chi connectivity index (χ4n) is 4.26. The van der Waals surface area contributed by atoms with Crippen LogP contribution in [0.4, 0.5) is 0 Å². The Balaban J connectivity index is 1.46. The van der Waals surface area contributed by atoms with Crippen LogP contribution in [0.5, 0.6) is 0 Å². The average Bonchev–Trinajstić information content (AvgIpc) is 2.72. The summed E-state index contributed by atoms with van der Waals surface area (Å²) < 4.78 is 0. The van der Waals surface area contributed by atoms with E-state index in [0.29, 0.717) is 12.6 Å². The van der Waals surface area contributed by atoms with Crippen molar-refractivity contribution in [1.82, 2.24) is 20.0 Å². The van der Waals surface area contributed by atoms with Gasteiger partial charge in [0.1, 0.15) is 0 Å². The van der Waals surface area contributed by atoms with Gasteiger partial charge in [-0.3, -0.25) is 9.69 Å². The zero-order valence-electron chi connectivity index (χ0n) is 18.4. The van der Waals surface area contributed by atoms with Crippen molar-refractivity contribution >= 4 is 16.7 Å². The molecular formula is C24H36N4O. The second kappa shape index (κ2) is 10.2. The zero-order valence-corrected chi connectivity index (χ0v) is 18.4. The van der Waals surface area contributed by atoms with Crippen molar-refractivity contribution in [1.29, 1.82) is 0 Å². The lowest BCUT2D eigenvalue weighted by molar-refractivity contribution is -0.122. The lowest BCUT2D eigenvalue weighted by Crippen LogP contribution is -2.45.